The summed E-state index contributed by atoms with van der Waals surface area (Å²) in [6.07, 6.45) is 2.60. The average Bonchev–Trinajstić information content (AvgIpc) is 3.66. The highest BCUT2D eigenvalue weighted by atomic mass is 16.5. The van der Waals surface area contributed by atoms with Crippen molar-refractivity contribution >= 4 is 11.0 Å². The Morgan fingerprint density at radius 3 is 2.58 bits per heavy atom. The van der Waals surface area contributed by atoms with Gasteiger partial charge in [0, 0.05) is 12.3 Å². The average molecular weight is 506 g/mol. The number of furan rings is 1. The number of phenols is 1. The maximum Gasteiger partial charge on any atom is 0.212 e. The van der Waals surface area contributed by atoms with Gasteiger partial charge in [0.05, 0.1) is 41.6 Å². The Balaban J connectivity index is 1.50. The van der Waals surface area contributed by atoms with Gasteiger partial charge in [-0.1, -0.05) is 25.1 Å². The number of pyridine rings is 1. The summed E-state index contributed by atoms with van der Waals surface area (Å²) in [5.74, 6) is 3.01. The molecule has 0 saturated carbocycles. The lowest BCUT2D eigenvalue weighted by Crippen LogP contribution is -2.03. The monoisotopic (exact) mass is 505 g/mol. The summed E-state index contributed by atoms with van der Waals surface area (Å²) < 4.78 is 15.1. The summed E-state index contributed by atoms with van der Waals surface area (Å²) in [5, 5.41) is 15.5. The molecule has 4 heterocycles. The lowest BCUT2D eigenvalue weighted by Gasteiger charge is -2.11. The number of ether oxygens (including phenoxy) is 1. The van der Waals surface area contributed by atoms with Gasteiger partial charge in [-0.05, 0) is 67.4 Å². The molecule has 0 aliphatic rings. The van der Waals surface area contributed by atoms with Gasteiger partial charge in [-0.25, -0.2) is 14.6 Å². The van der Waals surface area contributed by atoms with E-state index in [9.17, 15) is 5.11 Å². The fraction of sp³-hybridized carbons (Fsp3) is 0.167. The van der Waals surface area contributed by atoms with E-state index in [-0.39, 0.29) is 5.75 Å². The van der Waals surface area contributed by atoms with Crippen molar-refractivity contribution < 1.29 is 14.3 Å². The van der Waals surface area contributed by atoms with Crippen LogP contribution in [0.15, 0.2) is 83.4 Å². The van der Waals surface area contributed by atoms with Crippen molar-refractivity contribution in [3.63, 3.8) is 0 Å². The molecule has 1 N–H and O–H groups in total. The van der Waals surface area contributed by atoms with Crippen molar-refractivity contribution in [3.05, 3.63) is 96.0 Å². The normalized spacial score (nSPS) is 11.3. The van der Waals surface area contributed by atoms with Crippen LogP contribution in [0.5, 0.6) is 11.6 Å². The lowest BCUT2D eigenvalue weighted by molar-refractivity contribution is 0.397. The van der Waals surface area contributed by atoms with E-state index in [4.69, 9.17) is 19.2 Å². The number of imidazole rings is 1. The van der Waals surface area contributed by atoms with Crippen molar-refractivity contribution in [1.82, 2.24) is 24.3 Å². The predicted molar refractivity (Wildman–Crippen MR) is 146 cm³/mol. The van der Waals surface area contributed by atoms with Gasteiger partial charge in [-0.15, -0.1) is 0 Å². The van der Waals surface area contributed by atoms with Crippen LogP contribution in [0.3, 0.4) is 0 Å². The molecule has 0 spiro atoms. The van der Waals surface area contributed by atoms with Gasteiger partial charge >= 0.3 is 0 Å². The van der Waals surface area contributed by atoms with E-state index in [0.717, 1.165) is 51.6 Å². The van der Waals surface area contributed by atoms with Gasteiger partial charge in [0.2, 0.25) is 5.88 Å². The molecular formula is C30H27N5O3. The number of para-hydroxylation sites is 1. The first-order valence-electron chi connectivity index (χ1n) is 12.5. The summed E-state index contributed by atoms with van der Waals surface area (Å²) in [4.78, 5) is 9.34. The van der Waals surface area contributed by atoms with Gasteiger partial charge in [-0.3, -0.25) is 0 Å². The number of benzene rings is 2. The second-order valence-corrected chi connectivity index (χ2v) is 9.12. The summed E-state index contributed by atoms with van der Waals surface area (Å²) in [6, 6.07) is 23.1. The van der Waals surface area contributed by atoms with Gasteiger partial charge in [-0.2, -0.15) is 5.10 Å². The molecule has 0 aliphatic carbocycles. The van der Waals surface area contributed by atoms with Gasteiger partial charge < -0.3 is 18.8 Å². The van der Waals surface area contributed by atoms with E-state index >= 15 is 0 Å². The second kappa shape index (κ2) is 9.55. The highest BCUT2D eigenvalue weighted by Gasteiger charge is 2.19. The predicted octanol–water partition coefficient (Wildman–Crippen LogP) is 6.18. The third-order valence-electron chi connectivity index (χ3n) is 6.58. The number of aryl methyl sites for hydroxylation is 2. The van der Waals surface area contributed by atoms with Gasteiger partial charge in [0.25, 0.3) is 0 Å². The zero-order valence-corrected chi connectivity index (χ0v) is 21.4. The summed E-state index contributed by atoms with van der Waals surface area (Å²) in [6.45, 7) is 4.54. The van der Waals surface area contributed by atoms with Crippen molar-refractivity contribution in [3.8, 4) is 40.2 Å². The third kappa shape index (κ3) is 4.20. The van der Waals surface area contributed by atoms with Gasteiger partial charge in [0.1, 0.15) is 23.0 Å². The van der Waals surface area contributed by atoms with E-state index in [0.29, 0.717) is 23.8 Å². The molecule has 0 bridgehead atoms. The maximum atomic E-state index is 10.7. The Kier molecular flexibility index (Phi) is 5.92. The molecule has 8 heteroatoms. The summed E-state index contributed by atoms with van der Waals surface area (Å²) >= 11 is 0. The highest BCUT2D eigenvalue weighted by molar-refractivity contribution is 5.84. The first kappa shape index (κ1) is 23.5. The first-order valence-corrected chi connectivity index (χ1v) is 12.5. The van der Waals surface area contributed by atoms with Crippen molar-refractivity contribution in [2.24, 2.45) is 0 Å². The zero-order chi connectivity index (χ0) is 26.2. The van der Waals surface area contributed by atoms with Crippen LogP contribution in [0, 0.1) is 6.92 Å². The Morgan fingerprint density at radius 2 is 1.87 bits per heavy atom. The van der Waals surface area contributed by atoms with E-state index in [1.807, 2.05) is 66.2 Å². The number of hydrogen-bond donors (Lipinski definition) is 1. The molecule has 6 aromatic rings. The fourth-order valence-corrected chi connectivity index (χ4v) is 4.63. The van der Waals surface area contributed by atoms with Crippen LogP contribution >= 0.6 is 0 Å². The van der Waals surface area contributed by atoms with Crippen LogP contribution in [0.1, 0.15) is 23.9 Å². The third-order valence-corrected chi connectivity index (χ3v) is 6.58. The number of aromatic nitrogens is 5. The molecule has 0 fully saturated rings. The van der Waals surface area contributed by atoms with Gasteiger partial charge in [0.15, 0.2) is 5.76 Å². The summed E-state index contributed by atoms with van der Waals surface area (Å²) in [7, 11) is 1.60. The number of methoxy groups -OCH3 is 1. The minimum atomic E-state index is 0.173. The van der Waals surface area contributed by atoms with Crippen LogP contribution in [-0.4, -0.2) is 36.5 Å². The highest BCUT2D eigenvalue weighted by Crippen LogP contribution is 2.33. The molecule has 0 unspecified atom stereocenters. The molecular weight excluding hydrogens is 478 g/mol. The van der Waals surface area contributed by atoms with Crippen molar-refractivity contribution in [1.29, 1.82) is 0 Å². The molecule has 0 atom stereocenters. The molecule has 0 amide bonds. The summed E-state index contributed by atoms with van der Waals surface area (Å²) in [5.41, 5.74) is 6.10. The van der Waals surface area contributed by atoms with E-state index in [2.05, 4.69) is 22.5 Å². The van der Waals surface area contributed by atoms with Crippen LogP contribution in [-0.2, 0) is 13.0 Å². The minimum Gasteiger partial charge on any atom is -0.507 e. The Hall–Kier alpha value is -4.85. The molecule has 8 nitrogen and oxygen atoms in total. The molecule has 38 heavy (non-hydrogen) atoms. The largest absolute Gasteiger partial charge is 0.507 e. The number of fused-ring (bicyclic) bond motifs is 1. The SMILES string of the molecule is CCc1cc(-c2ccc(C)o2)n(-c2ccc3c(c2)nc(-c2ccccc2O)n3Cc2ccc(OC)nc2)n1. The van der Waals surface area contributed by atoms with E-state index < -0.39 is 0 Å². The van der Waals surface area contributed by atoms with Crippen LogP contribution in [0.4, 0.5) is 0 Å². The molecule has 190 valence electrons. The molecule has 0 saturated heterocycles. The molecule has 4 aromatic heterocycles. The number of phenolic OH excluding ortho intramolecular Hbond substituents is 1. The molecule has 0 aliphatic heterocycles. The van der Waals surface area contributed by atoms with Crippen LogP contribution in [0.2, 0.25) is 0 Å². The minimum absolute atomic E-state index is 0.173. The van der Waals surface area contributed by atoms with Crippen LogP contribution in [0.25, 0.3) is 39.6 Å². The van der Waals surface area contributed by atoms with Crippen molar-refractivity contribution in [2.45, 2.75) is 26.8 Å². The lowest BCUT2D eigenvalue weighted by atomic mass is 10.2. The number of nitrogens with zero attached hydrogens (tertiary/aromatic N) is 5. The second-order valence-electron chi connectivity index (χ2n) is 9.12. The standard InChI is InChI=1S/C30H27N5O3/c1-4-21-15-26(28-13-9-19(2)38-28)35(33-21)22-11-12-25-24(16-22)32-30(23-7-5-6-8-27(23)36)34(25)18-20-10-14-29(37-3)31-17-20/h5-17,36H,4,18H2,1-3H3. The van der Waals surface area contributed by atoms with E-state index in [1.165, 1.54) is 0 Å². The van der Waals surface area contributed by atoms with E-state index in [1.54, 1.807) is 25.4 Å². The Bertz CT molecular complexity index is 1740. The number of hydrogen-bond acceptors (Lipinski definition) is 6. The smallest absolute Gasteiger partial charge is 0.212 e. The number of aromatic hydroxyl groups is 1. The number of rotatable bonds is 7. The molecule has 0 radical (unpaired) electrons. The first-order chi connectivity index (χ1) is 18.5. The molecule has 6 rings (SSSR count). The van der Waals surface area contributed by atoms with Crippen LogP contribution < -0.4 is 4.74 Å². The zero-order valence-electron chi connectivity index (χ0n) is 21.4. The Morgan fingerprint density at radius 1 is 1.00 bits per heavy atom. The topological polar surface area (TPSA) is 91.1 Å². The molecule has 2 aromatic carbocycles. The quantitative estimate of drug-likeness (QED) is 0.279. The Labute approximate surface area is 219 Å². The maximum absolute atomic E-state index is 10.7. The fourth-order valence-electron chi connectivity index (χ4n) is 4.63. The van der Waals surface area contributed by atoms with Crippen molar-refractivity contribution in [2.75, 3.05) is 7.11 Å².